The molecule has 0 N–H and O–H groups in total. The first kappa shape index (κ1) is 15.5. The van der Waals surface area contributed by atoms with Crippen LogP contribution in [0.4, 0.5) is 11.4 Å². The van der Waals surface area contributed by atoms with Crippen molar-refractivity contribution >= 4 is 21.4 Å². The van der Waals surface area contributed by atoms with E-state index in [9.17, 15) is 18.5 Å². The summed E-state index contributed by atoms with van der Waals surface area (Å²) >= 11 is 0. The average molecular weight is 332 g/mol. The summed E-state index contributed by atoms with van der Waals surface area (Å²) in [6, 6.07) is 11.1. The fourth-order valence-corrected chi connectivity index (χ4v) is 4.68. The third-order valence-corrected chi connectivity index (χ3v) is 6.00. The predicted octanol–water partition coefficient (Wildman–Crippen LogP) is 3.04. The zero-order valence-corrected chi connectivity index (χ0v) is 13.6. The van der Waals surface area contributed by atoms with Gasteiger partial charge in [0.15, 0.2) is 0 Å². The molecule has 1 unspecified atom stereocenters. The van der Waals surface area contributed by atoms with E-state index in [2.05, 4.69) is 0 Å². The van der Waals surface area contributed by atoms with Crippen LogP contribution in [0.1, 0.15) is 18.1 Å². The van der Waals surface area contributed by atoms with Crippen molar-refractivity contribution in [3.05, 3.63) is 63.7 Å². The molecule has 0 saturated carbocycles. The van der Waals surface area contributed by atoms with Crippen molar-refractivity contribution < 1.29 is 13.3 Å². The number of hydrogen-bond acceptors (Lipinski definition) is 4. The van der Waals surface area contributed by atoms with Crippen molar-refractivity contribution in [2.75, 3.05) is 4.31 Å². The second kappa shape index (κ2) is 5.34. The molecule has 1 aliphatic rings. The van der Waals surface area contributed by atoms with Crippen LogP contribution < -0.4 is 4.31 Å². The number of benzene rings is 2. The number of aryl methyl sites for hydroxylation is 1. The fraction of sp³-hybridized carbons (Fsp3) is 0.250. The summed E-state index contributed by atoms with van der Waals surface area (Å²) in [6.45, 7) is 3.42. The van der Waals surface area contributed by atoms with E-state index >= 15 is 0 Å². The van der Waals surface area contributed by atoms with Crippen molar-refractivity contribution in [2.24, 2.45) is 0 Å². The normalized spacial score (nSPS) is 17.1. The number of fused-ring (bicyclic) bond motifs is 1. The van der Waals surface area contributed by atoms with Crippen LogP contribution in [0, 0.1) is 17.0 Å². The SMILES string of the molecule is Cc1ccc(S(=O)(=O)N2c3ccccc3CC2C)cc1[N+](=O)[O-]. The van der Waals surface area contributed by atoms with Gasteiger partial charge in [0.1, 0.15) is 0 Å². The van der Waals surface area contributed by atoms with Crippen molar-refractivity contribution in [1.82, 2.24) is 0 Å². The van der Waals surface area contributed by atoms with Gasteiger partial charge in [-0.3, -0.25) is 14.4 Å². The Bertz CT molecular complexity index is 893. The van der Waals surface area contributed by atoms with Gasteiger partial charge in [0.05, 0.1) is 15.5 Å². The summed E-state index contributed by atoms with van der Waals surface area (Å²) in [4.78, 5) is 10.5. The standard InChI is InChI=1S/C16H16N2O4S/c1-11-7-8-14(10-16(11)18(19)20)23(21,22)17-12(2)9-13-5-3-4-6-15(13)17/h3-8,10,12H,9H2,1-2H3. The van der Waals surface area contributed by atoms with E-state index in [1.54, 1.807) is 19.1 Å². The molecule has 1 atom stereocenters. The van der Waals surface area contributed by atoms with Crippen molar-refractivity contribution in [2.45, 2.75) is 31.2 Å². The third-order valence-electron chi connectivity index (χ3n) is 4.08. The highest BCUT2D eigenvalue weighted by molar-refractivity contribution is 7.92. The molecular weight excluding hydrogens is 316 g/mol. The molecule has 0 bridgehead atoms. The smallest absolute Gasteiger partial charge is 0.263 e. The topological polar surface area (TPSA) is 80.5 Å². The molecule has 0 aliphatic carbocycles. The van der Waals surface area contributed by atoms with E-state index in [4.69, 9.17) is 0 Å². The summed E-state index contributed by atoms with van der Waals surface area (Å²) in [6.07, 6.45) is 0.628. The van der Waals surface area contributed by atoms with Crippen LogP contribution in [0.25, 0.3) is 0 Å². The van der Waals surface area contributed by atoms with Gasteiger partial charge in [-0.1, -0.05) is 24.3 Å². The quantitative estimate of drug-likeness (QED) is 0.639. The molecule has 2 aromatic carbocycles. The molecule has 120 valence electrons. The molecule has 0 saturated heterocycles. The van der Waals surface area contributed by atoms with Crippen molar-refractivity contribution in [3.8, 4) is 0 Å². The summed E-state index contributed by atoms with van der Waals surface area (Å²) in [5.41, 5.74) is 1.85. The van der Waals surface area contributed by atoms with E-state index in [0.717, 1.165) is 11.6 Å². The highest BCUT2D eigenvalue weighted by Gasteiger charge is 2.36. The van der Waals surface area contributed by atoms with Crippen molar-refractivity contribution in [1.29, 1.82) is 0 Å². The van der Waals surface area contributed by atoms with Gasteiger partial charge >= 0.3 is 0 Å². The number of nitro benzene ring substituents is 1. The van der Waals surface area contributed by atoms with Gasteiger partial charge in [-0.05, 0) is 38.0 Å². The first-order chi connectivity index (χ1) is 10.8. The highest BCUT2D eigenvalue weighted by atomic mass is 32.2. The Morgan fingerprint density at radius 1 is 1.22 bits per heavy atom. The summed E-state index contributed by atoms with van der Waals surface area (Å²) in [7, 11) is -3.85. The molecule has 7 heteroatoms. The number of para-hydroxylation sites is 1. The first-order valence-corrected chi connectivity index (χ1v) is 8.64. The van der Waals surface area contributed by atoms with Crippen LogP contribution in [0.5, 0.6) is 0 Å². The lowest BCUT2D eigenvalue weighted by atomic mass is 10.1. The number of anilines is 1. The zero-order valence-electron chi connectivity index (χ0n) is 12.8. The van der Waals surface area contributed by atoms with Gasteiger partial charge in [0.2, 0.25) is 0 Å². The van der Waals surface area contributed by atoms with Gasteiger partial charge in [-0.2, -0.15) is 0 Å². The Hall–Kier alpha value is -2.41. The average Bonchev–Trinajstić information content (AvgIpc) is 2.83. The van der Waals surface area contributed by atoms with Crippen LogP contribution in [0.15, 0.2) is 47.4 Å². The molecule has 23 heavy (non-hydrogen) atoms. The number of hydrogen-bond donors (Lipinski definition) is 0. The summed E-state index contributed by atoms with van der Waals surface area (Å²) < 4.78 is 27.4. The van der Waals surface area contributed by atoms with E-state index in [1.807, 2.05) is 19.1 Å². The van der Waals surface area contributed by atoms with Gasteiger partial charge in [-0.25, -0.2) is 8.42 Å². The van der Waals surface area contributed by atoms with E-state index in [0.29, 0.717) is 17.7 Å². The van der Waals surface area contributed by atoms with Crippen LogP contribution in [-0.4, -0.2) is 19.4 Å². The van der Waals surface area contributed by atoms with Gasteiger partial charge in [0, 0.05) is 17.7 Å². The molecule has 2 aromatic rings. The Morgan fingerprint density at radius 3 is 2.61 bits per heavy atom. The second-order valence-corrected chi connectivity index (χ2v) is 7.50. The van der Waals surface area contributed by atoms with E-state index in [1.165, 1.54) is 16.4 Å². The zero-order chi connectivity index (χ0) is 16.8. The van der Waals surface area contributed by atoms with E-state index < -0.39 is 14.9 Å². The largest absolute Gasteiger partial charge is 0.273 e. The van der Waals surface area contributed by atoms with E-state index in [-0.39, 0.29) is 16.6 Å². The number of rotatable bonds is 3. The molecule has 0 radical (unpaired) electrons. The van der Waals surface area contributed by atoms with Crippen LogP contribution in [-0.2, 0) is 16.4 Å². The maximum absolute atomic E-state index is 13.0. The Kier molecular flexibility index (Phi) is 3.60. The lowest BCUT2D eigenvalue weighted by Gasteiger charge is -2.24. The van der Waals surface area contributed by atoms with Gasteiger partial charge < -0.3 is 0 Å². The lowest BCUT2D eigenvalue weighted by molar-refractivity contribution is -0.385. The molecule has 1 aliphatic heterocycles. The fourth-order valence-electron chi connectivity index (χ4n) is 2.96. The van der Waals surface area contributed by atoms with Crippen LogP contribution in [0.2, 0.25) is 0 Å². The molecule has 1 heterocycles. The summed E-state index contributed by atoms with van der Waals surface area (Å²) in [5.74, 6) is 0. The van der Waals surface area contributed by atoms with Crippen molar-refractivity contribution in [3.63, 3.8) is 0 Å². The predicted molar refractivity (Wildman–Crippen MR) is 87.1 cm³/mol. The highest BCUT2D eigenvalue weighted by Crippen LogP contribution is 2.37. The maximum Gasteiger partial charge on any atom is 0.273 e. The molecule has 0 fully saturated rings. The first-order valence-electron chi connectivity index (χ1n) is 7.20. The maximum atomic E-state index is 13.0. The minimum atomic E-state index is -3.85. The van der Waals surface area contributed by atoms with Gasteiger partial charge in [0.25, 0.3) is 15.7 Å². The lowest BCUT2D eigenvalue weighted by Crippen LogP contribution is -2.35. The molecule has 0 spiro atoms. The number of sulfonamides is 1. The minimum Gasteiger partial charge on any atom is -0.263 e. The molecule has 6 nitrogen and oxygen atoms in total. The summed E-state index contributed by atoms with van der Waals surface area (Å²) in [5, 5.41) is 11.1. The molecular formula is C16H16N2O4S. The Balaban J connectivity index is 2.13. The Labute approximate surface area is 134 Å². The minimum absolute atomic E-state index is 0.0571. The van der Waals surface area contributed by atoms with Crippen LogP contribution in [0.3, 0.4) is 0 Å². The third kappa shape index (κ3) is 2.46. The van der Waals surface area contributed by atoms with Gasteiger partial charge in [-0.15, -0.1) is 0 Å². The molecule has 3 rings (SSSR count). The number of nitro groups is 1. The number of nitrogens with zero attached hydrogens (tertiary/aromatic N) is 2. The second-order valence-electron chi connectivity index (χ2n) is 5.69. The Morgan fingerprint density at radius 2 is 1.91 bits per heavy atom. The monoisotopic (exact) mass is 332 g/mol. The van der Waals surface area contributed by atoms with Crippen LogP contribution >= 0.6 is 0 Å². The molecule has 0 amide bonds. The molecule has 0 aromatic heterocycles.